The van der Waals surface area contributed by atoms with Gasteiger partial charge >= 0.3 is 0 Å². The number of rotatable bonds is 15. The molecule has 5 heteroatoms. The van der Waals surface area contributed by atoms with Gasteiger partial charge in [-0.3, -0.25) is 4.79 Å². The summed E-state index contributed by atoms with van der Waals surface area (Å²) >= 11 is 0. The van der Waals surface area contributed by atoms with Crippen molar-refractivity contribution in [3.05, 3.63) is 42.5 Å². The van der Waals surface area contributed by atoms with E-state index in [1.807, 2.05) is 12.1 Å². The molecule has 1 fully saturated rings. The SMILES string of the molecule is C=CCC1CCC(CCCNCC(O)COc2ccccc2C(=O)NCCC(C)C)C1. The van der Waals surface area contributed by atoms with Crippen molar-refractivity contribution < 1.29 is 14.6 Å². The summed E-state index contributed by atoms with van der Waals surface area (Å²) in [6.07, 6.45) is 9.96. The zero-order chi connectivity index (χ0) is 22.5. The van der Waals surface area contributed by atoms with Crippen molar-refractivity contribution in [3.8, 4) is 5.75 Å². The van der Waals surface area contributed by atoms with Crippen LogP contribution in [0.4, 0.5) is 0 Å². The molecular formula is C26H42N2O3. The molecule has 0 heterocycles. The van der Waals surface area contributed by atoms with Crippen LogP contribution in [-0.2, 0) is 0 Å². The quantitative estimate of drug-likeness (QED) is 0.282. The van der Waals surface area contributed by atoms with Crippen LogP contribution in [0.3, 0.4) is 0 Å². The summed E-state index contributed by atoms with van der Waals surface area (Å²) in [6, 6.07) is 7.20. The Morgan fingerprint density at radius 3 is 2.81 bits per heavy atom. The second-order valence-corrected chi connectivity index (χ2v) is 9.32. The number of amides is 1. The molecule has 3 atom stereocenters. The fraction of sp³-hybridized carbons (Fsp3) is 0.654. The Bertz CT molecular complexity index is 662. The highest BCUT2D eigenvalue weighted by Gasteiger charge is 2.23. The van der Waals surface area contributed by atoms with E-state index in [4.69, 9.17) is 4.74 Å². The molecular weight excluding hydrogens is 388 g/mol. The minimum Gasteiger partial charge on any atom is -0.490 e. The number of allylic oxidation sites excluding steroid dienone is 1. The molecule has 1 amide bonds. The molecule has 1 aliphatic rings. The van der Waals surface area contributed by atoms with E-state index in [9.17, 15) is 9.90 Å². The summed E-state index contributed by atoms with van der Waals surface area (Å²) in [7, 11) is 0. The van der Waals surface area contributed by atoms with E-state index in [1.165, 1.54) is 25.7 Å². The third kappa shape index (κ3) is 9.88. The maximum absolute atomic E-state index is 12.4. The molecule has 3 N–H and O–H groups in total. The van der Waals surface area contributed by atoms with Crippen LogP contribution in [0.15, 0.2) is 36.9 Å². The summed E-state index contributed by atoms with van der Waals surface area (Å²) in [5, 5.41) is 16.5. The first-order valence-corrected chi connectivity index (χ1v) is 12.0. The Hall–Kier alpha value is -1.85. The third-order valence-corrected chi connectivity index (χ3v) is 6.07. The predicted octanol–water partition coefficient (Wildman–Crippen LogP) is 4.56. The van der Waals surface area contributed by atoms with Gasteiger partial charge in [0.2, 0.25) is 0 Å². The van der Waals surface area contributed by atoms with Gasteiger partial charge in [0.25, 0.3) is 5.91 Å². The molecule has 31 heavy (non-hydrogen) atoms. The molecule has 1 aromatic rings. The van der Waals surface area contributed by atoms with E-state index in [2.05, 4.69) is 37.1 Å². The summed E-state index contributed by atoms with van der Waals surface area (Å²) in [6.45, 7) is 10.3. The average Bonchev–Trinajstić information content (AvgIpc) is 3.19. The lowest BCUT2D eigenvalue weighted by Crippen LogP contribution is -2.32. The number of ether oxygens (including phenoxy) is 1. The molecule has 174 valence electrons. The molecule has 0 aromatic heterocycles. The van der Waals surface area contributed by atoms with Gasteiger partial charge in [-0.15, -0.1) is 6.58 Å². The van der Waals surface area contributed by atoms with E-state index in [0.717, 1.165) is 37.6 Å². The largest absolute Gasteiger partial charge is 0.490 e. The molecule has 2 rings (SSSR count). The van der Waals surface area contributed by atoms with Crippen LogP contribution in [0, 0.1) is 17.8 Å². The monoisotopic (exact) mass is 430 g/mol. The Labute approximate surface area is 188 Å². The first-order chi connectivity index (χ1) is 15.0. The summed E-state index contributed by atoms with van der Waals surface area (Å²) in [5.74, 6) is 2.62. The van der Waals surface area contributed by atoms with Crippen molar-refractivity contribution in [2.75, 3.05) is 26.2 Å². The van der Waals surface area contributed by atoms with Gasteiger partial charge < -0.3 is 20.5 Å². The number of nitrogens with one attached hydrogen (secondary N) is 2. The maximum atomic E-state index is 12.4. The van der Waals surface area contributed by atoms with Crippen LogP contribution in [-0.4, -0.2) is 43.4 Å². The predicted molar refractivity (Wildman–Crippen MR) is 127 cm³/mol. The van der Waals surface area contributed by atoms with Gasteiger partial charge in [0.15, 0.2) is 0 Å². The van der Waals surface area contributed by atoms with Crippen LogP contribution in [0.2, 0.25) is 0 Å². The molecule has 0 aliphatic heterocycles. The topological polar surface area (TPSA) is 70.6 Å². The van der Waals surface area contributed by atoms with Gasteiger partial charge in [0.05, 0.1) is 5.56 Å². The zero-order valence-corrected chi connectivity index (χ0v) is 19.4. The van der Waals surface area contributed by atoms with Crippen molar-refractivity contribution in [2.24, 2.45) is 17.8 Å². The van der Waals surface area contributed by atoms with Crippen LogP contribution >= 0.6 is 0 Å². The van der Waals surface area contributed by atoms with E-state index < -0.39 is 6.10 Å². The van der Waals surface area contributed by atoms with Gasteiger partial charge in [0.1, 0.15) is 18.5 Å². The Kier molecular flexibility index (Phi) is 11.7. The third-order valence-electron chi connectivity index (χ3n) is 6.07. The maximum Gasteiger partial charge on any atom is 0.255 e. The number of carbonyl (C=O) groups excluding carboxylic acids is 1. The number of aliphatic hydroxyl groups is 1. The molecule has 1 aliphatic carbocycles. The second kappa shape index (κ2) is 14.3. The van der Waals surface area contributed by atoms with Crippen LogP contribution in [0.25, 0.3) is 0 Å². The number of hydrogen-bond acceptors (Lipinski definition) is 4. The summed E-state index contributed by atoms with van der Waals surface area (Å²) in [5.41, 5.74) is 0.512. The van der Waals surface area contributed by atoms with Crippen molar-refractivity contribution in [1.29, 1.82) is 0 Å². The minimum absolute atomic E-state index is 0.133. The number of hydrogen-bond donors (Lipinski definition) is 3. The standard InChI is InChI=1S/C26H42N2O3/c1-4-8-21-12-13-22(17-21)9-7-15-27-18-23(29)19-31-25-11-6-5-10-24(25)26(30)28-16-14-20(2)3/h4-6,10-11,20-23,27,29H,1,7-9,12-19H2,2-3H3,(H,28,30). The molecule has 0 radical (unpaired) electrons. The smallest absolute Gasteiger partial charge is 0.255 e. The second-order valence-electron chi connectivity index (χ2n) is 9.32. The molecule has 1 aromatic carbocycles. The van der Waals surface area contributed by atoms with Gasteiger partial charge in [-0.25, -0.2) is 0 Å². The lowest BCUT2D eigenvalue weighted by molar-refractivity contribution is 0.0924. The fourth-order valence-electron chi connectivity index (χ4n) is 4.27. The minimum atomic E-state index is -0.611. The average molecular weight is 431 g/mol. The van der Waals surface area contributed by atoms with Crippen molar-refractivity contribution in [1.82, 2.24) is 10.6 Å². The van der Waals surface area contributed by atoms with Gasteiger partial charge in [-0.2, -0.15) is 0 Å². The molecule has 0 saturated heterocycles. The summed E-state index contributed by atoms with van der Waals surface area (Å²) < 4.78 is 5.76. The van der Waals surface area contributed by atoms with Crippen LogP contribution in [0.5, 0.6) is 5.75 Å². The number of aliphatic hydroxyl groups excluding tert-OH is 1. The molecule has 3 unspecified atom stereocenters. The van der Waals surface area contributed by atoms with Crippen molar-refractivity contribution in [2.45, 2.75) is 64.9 Å². The van der Waals surface area contributed by atoms with Crippen LogP contribution < -0.4 is 15.4 Å². The van der Waals surface area contributed by atoms with E-state index >= 15 is 0 Å². The van der Waals surface area contributed by atoms with E-state index in [0.29, 0.717) is 30.3 Å². The van der Waals surface area contributed by atoms with Crippen molar-refractivity contribution in [3.63, 3.8) is 0 Å². The molecule has 0 spiro atoms. The highest BCUT2D eigenvalue weighted by molar-refractivity contribution is 5.96. The Balaban J connectivity index is 1.62. The Morgan fingerprint density at radius 1 is 1.26 bits per heavy atom. The number of benzene rings is 1. The van der Waals surface area contributed by atoms with Crippen molar-refractivity contribution >= 4 is 5.91 Å². The van der Waals surface area contributed by atoms with E-state index in [1.54, 1.807) is 12.1 Å². The number of para-hydroxylation sites is 1. The highest BCUT2D eigenvalue weighted by atomic mass is 16.5. The van der Waals surface area contributed by atoms with Gasteiger partial charge in [-0.1, -0.05) is 38.5 Å². The normalized spacial score (nSPS) is 19.4. The lowest BCUT2D eigenvalue weighted by Gasteiger charge is -2.16. The molecule has 0 bridgehead atoms. The van der Waals surface area contributed by atoms with Gasteiger partial charge in [-0.05, 0) is 75.0 Å². The van der Waals surface area contributed by atoms with E-state index in [-0.39, 0.29) is 12.5 Å². The zero-order valence-electron chi connectivity index (χ0n) is 19.4. The Morgan fingerprint density at radius 2 is 2.03 bits per heavy atom. The first kappa shape index (κ1) is 25.4. The van der Waals surface area contributed by atoms with Gasteiger partial charge in [0, 0.05) is 13.1 Å². The fourth-order valence-corrected chi connectivity index (χ4v) is 4.27. The molecule has 5 nitrogen and oxygen atoms in total. The summed E-state index contributed by atoms with van der Waals surface area (Å²) in [4.78, 5) is 12.4. The van der Waals surface area contributed by atoms with Crippen LogP contribution in [0.1, 0.15) is 69.2 Å². The first-order valence-electron chi connectivity index (χ1n) is 12.0. The highest BCUT2D eigenvalue weighted by Crippen LogP contribution is 2.35. The number of carbonyl (C=O) groups is 1. The molecule has 1 saturated carbocycles. The lowest BCUT2D eigenvalue weighted by atomic mass is 9.98.